The number of amides is 1. The van der Waals surface area contributed by atoms with Gasteiger partial charge in [0.05, 0.1) is 16.6 Å². The van der Waals surface area contributed by atoms with Crippen molar-refractivity contribution in [1.82, 2.24) is 19.4 Å². The molecule has 43 heavy (non-hydrogen) atoms. The Morgan fingerprint density at radius 1 is 1.02 bits per heavy atom. The summed E-state index contributed by atoms with van der Waals surface area (Å²) in [5.41, 5.74) is 0.994. The molecular formula is C32H35F2N5O4. The van der Waals surface area contributed by atoms with Crippen molar-refractivity contribution < 1.29 is 23.4 Å². The average Bonchev–Trinajstić information content (AvgIpc) is 2.88. The van der Waals surface area contributed by atoms with E-state index in [0.717, 1.165) is 22.8 Å². The van der Waals surface area contributed by atoms with E-state index in [1.54, 1.807) is 25.7 Å². The summed E-state index contributed by atoms with van der Waals surface area (Å²) >= 11 is 0. The Kier molecular flexibility index (Phi) is 7.62. The highest BCUT2D eigenvalue weighted by Gasteiger charge is 2.33. The number of aryl methyl sites for hydroxylation is 3. The highest BCUT2D eigenvalue weighted by Crippen LogP contribution is 2.36. The first-order chi connectivity index (χ1) is 20.2. The molecule has 1 amide bonds. The van der Waals surface area contributed by atoms with Gasteiger partial charge in [0.1, 0.15) is 28.7 Å². The van der Waals surface area contributed by atoms with Crippen LogP contribution < -0.4 is 10.6 Å². The number of rotatable bonds is 3. The van der Waals surface area contributed by atoms with Crippen LogP contribution in [0.4, 0.5) is 19.4 Å². The summed E-state index contributed by atoms with van der Waals surface area (Å²) in [5, 5.41) is 10.7. The Morgan fingerprint density at radius 3 is 2.30 bits per heavy atom. The van der Waals surface area contributed by atoms with Gasteiger partial charge in [-0.05, 0) is 77.8 Å². The molecular weight excluding hydrogens is 556 g/mol. The minimum atomic E-state index is -0.890. The first-order valence-electron chi connectivity index (χ1n) is 14.1. The second kappa shape index (κ2) is 10.9. The van der Waals surface area contributed by atoms with Crippen LogP contribution in [0.15, 0.2) is 41.2 Å². The van der Waals surface area contributed by atoms with E-state index in [1.807, 2.05) is 44.7 Å². The first kappa shape index (κ1) is 29.9. The minimum absolute atomic E-state index is 0.0610. The van der Waals surface area contributed by atoms with E-state index in [1.165, 1.54) is 22.8 Å². The Bertz CT molecular complexity index is 1770. The van der Waals surface area contributed by atoms with Crippen LogP contribution in [0.2, 0.25) is 0 Å². The van der Waals surface area contributed by atoms with Crippen LogP contribution in [-0.4, -0.2) is 61.9 Å². The zero-order chi connectivity index (χ0) is 31.4. The van der Waals surface area contributed by atoms with Crippen LogP contribution in [0, 0.1) is 32.4 Å². The number of benzene rings is 2. The lowest BCUT2D eigenvalue weighted by atomic mass is 10.0. The van der Waals surface area contributed by atoms with Gasteiger partial charge in [0.2, 0.25) is 0 Å². The number of ether oxygens (including phenoxy) is 1. The van der Waals surface area contributed by atoms with Gasteiger partial charge in [0.15, 0.2) is 11.5 Å². The molecule has 1 aliphatic rings. The van der Waals surface area contributed by atoms with E-state index in [2.05, 4.69) is 9.97 Å². The number of halogens is 2. The zero-order valence-corrected chi connectivity index (χ0v) is 25.3. The second-order valence-electron chi connectivity index (χ2n) is 12.1. The van der Waals surface area contributed by atoms with Crippen molar-refractivity contribution in [1.29, 1.82) is 0 Å². The number of aromatic nitrogens is 3. The quantitative estimate of drug-likeness (QED) is 0.321. The van der Waals surface area contributed by atoms with Crippen LogP contribution in [0.5, 0.6) is 5.75 Å². The van der Waals surface area contributed by atoms with Crippen LogP contribution in [0.25, 0.3) is 28.0 Å². The maximum atomic E-state index is 15.8. The molecule has 1 atom stereocenters. The topological polar surface area (TPSA) is 101 Å². The average molecular weight is 592 g/mol. The number of phenolic OH excluding ortho intramolecular Hbond substituents is 1. The number of carbonyl (C=O) groups is 1. The molecule has 2 aromatic heterocycles. The van der Waals surface area contributed by atoms with E-state index in [-0.39, 0.29) is 29.4 Å². The zero-order valence-electron chi connectivity index (χ0n) is 25.3. The Balaban J connectivity index is 1.72. The molecule has 1 aliphatic heterocycles. The smallest absolute Gasteiger partial charge is 0.410 e. The molecule has 0 aliphatic carbocycles. The van der Waals surface area contributed by atoms with Gasteiger partial charge < -0.3 is 19.6 Å². The predicted octanol–water partition coefficient (Wildman–Crippen LogP) is 5.80. The standard InChI is InChI=1S/C32H35F2N5O4/c1-17-13-18(2)27(19(3)14-17)39-29-21(15-23(34)26(35-29)25-22(33)9-8-10-24(25)40)28(36-30(39)41)38-12-11-37(16-20(38)4)31(42)43-32(5,6)7/h8-10,13-15,20,40H,11-12,16H2,1-7H3/t20-/m0/s1. The molecule has 2 aromatic carbocycles. The molecule has 1 saturated heterocycles. The maximum Gasteiger partial charge on any atom is 0.410 e. The lowest BCUT2D eigenvalue weighted by Gasteiger charge is -2.41. The van der Waals surface area contributed by atoms with Gasteiger partial charge in [0.25, 0.3) is 0 Å². The second-order valence-corrected chi connectivity index (χ2v) is 12.1. The normalized spacial score (nSPS) is 15.7. The number of fused-ring (bicyclic) bond motifs is 1. The van der Waals surface area contributed by atoms with Crippen molar-refractivity contribution in [3.05, 3.63) is 75.2 Å². The van der Waals surface area contributed by atoms with Gasteiger partial charge in [-0.3, -0.25) is 0 Å². The maximum absolute atomic E-state index is 15.8. The summed E-state index contributed by atoms with van der Waals surface area (Å²) in [7, 11) is 0. The fourth-order valence-electron chi connectivity index (χ4n) is 5.74. The fourth-order valence-corrected chi connectivity index (χ4v) is 5.74. The minimum Gasteiger partial charge on any atom is -0.507 e. The lowest BCUT2D eigenvalue weighted by Crippen LogP contribution is -2.55. The molecule has 5 rings (SSSR count). The number of phenols is 1. The van der Waals surface area contributed by atoms with Crippen LogP contribution >= 0.6 is 0 Å². The van der Waals surface area contributed by atoms with Crippen LogP contribution in [-0.2, 0) is 4.74 Å². The van der Waals surface area contributed by atoms with Crippen molar-refractivity contribution in [2.24, 2.45) is 0 Å². The number of carbonyl (C=O) groups excluding carboxylic acids is 1. The number of hydrogen-bond acceptors (Lipinski definition) is 7. The van der Waals surface area contributed by atoms with E-state index >= 15 is 4.39 Å². The molecule has 0 unspecified atom stereocenters. The van der Waals surface area contributed by atoms with Gasteiger partial charge in [-0.25, -0.2) is 27.9 Å². The SMILES string of the molecule is Cc1cc(C)c(-n2c(=O)nc(N3CCN(C(=O)OC(C)(C)C)C[C@@H]3C)c3cc(F)c(-c4c(O)cccc4F)nc32)c(C)c1. The molecule has 11 heteroatoms. The Morgan fingerprint density at radius 2 is 1.70 bits per heavy atom. The third-order valence-corrected chi connectivity index (χ3v) is 7.44. The third-order valence-electron chi connectivity index (χ3n) is 7.44. The highest BCUT2D eigenvalue weighted by molar-refractivity contribution is 5.91. The molecule has 226 valence electrons. The molecule has 0 spiro atoms. The third kappa shape index (κ3) is 5.63. The molecule has 0 saturated carbocycles. The van der Waals surface area contributed by atoms with Crippen molar-refractivity contribution in [3.63, 3.8) is 0 Å². The summed E-state index contributed by atoms with van der Waals surface area (Å²) in [6.45, 7) is 13.8. The summed E-state index contributed by atoms with van der Waals surface area (Å²) < 4.78 is 37.6. The van der Waals surface area contributed by atoms with Crippen molar-refractivity contribution in [2.75, 3.05) is 24.5 Å². The van der Waals surface area contributed by atoms with Gasteiger partial charge in [-0.15, -0.1) is 0 Å². The monoisotopic (exact) mass is 591 g/mol. The number of pyridine rings is 1. The molecule has 9 nitrogen and oxygen atoms in total. The van der Waals surface area contributed by atoms with Crippen LogP contribution in [0.3, 0.4) is 0 Å². The Hall–Kier alpha value is -4.54. The number of anilines is 1. The van der Waals surface area contributed by atoms with Crippen molar-refractivity contribution in [2.45, 2.75) is 60.1 Å². The molecule has 1 N–H and O–H groups in total. The van der Waals surface area contributed by atoms with Crippen molar-refractivity contribution >= 4 is 22.9 Å². The van der Waals surface area contributed by atoms with Gasteiger partial charge in [-0.2, -0.15) is 4.98 Å². The molecule has 0 radical (unpaired) electrons. The van der Waals surface area contributed by atoms with Gasteiger partial charge in [-0.1, -0.05) is 23.8 Å². The summed E-state index contributed by atoms with van der Waals surface area (Å²) in [6, 6.07) is 8.35. The first-order valence-corrected chi connectivity index (χ1v) is 14.1. The molecule has 4 aromatic rings. The summed E-state index contributed by atoms with van der Waals surface area (Å²) in [6.07, 6.45) is -0.445. The van der Waals surface area contributed by atoms with Gasteiger partial charge >= 0.3 is 11.8 Å². The largest absolute Gasteiger partial charge is 0.507 e. The lowest BCUT2D eigenvalue weighted by molar-refractivity contribution is 0.0218. The molecule has 1 fully saturated rings. The van der Waals surface area contributed by atoms with E-state index in [4.69, 9.17) is 4.74 Å². The number of piperazine rings is 1. The summed E-state index contributed by atoms with van der Waals surface area (Å²) in [4.78, 5) is 39.0. The fraction of sp³-hybridized carbons (Fsp3) is 0.375. The van der Waals surface area contributed by atoms with Crippen molar-refractivity contribution in [3.8, 4) is 22.7 Å². The molecule has 3 heterocycles. The predicted molar refractivity (Wildman–Crippen MR) is 161 cm³/mol. The number of nitrogens with zero attached hydrogens (tertiary/aromatic N) is 5. The Labute approximate surface area is 248 Å². The van der Waals surface area contributed by atoms with E-state index in [0.29, 0.717) is 18.8 Å². The van der Waals surface area contributed by atoms with Gasteiger partial charge in [0, 0.05) is 25.7 Å². The summed E-state index contributed by atoms with van der Waals surface area (Å²) in [5.74, 6) is -2.03. The van der Waals surface area contributed by atoms with Crippen LogP contribution in [0.1, 0.15) is 44.4 Å². The highest BCUT2D eigenvalue weighted by atomic mass is 19.1. The van der Waals surface area contributed by atoms with E-state index < -0.39 is 46.0 Å². The number of hydrogen-bond donors (Lipinski definition) is 1. The molecule has 0 bridgehead atoms. The van der Waals surface area contributed by atoms with E-state index in [9.17, 15) is 19.1 Å². The number of aromatic hydroxyl groups is 1.